The van der Waals surface area contributed by atoms with Crippen molar-refractivity contribution in [2.24, 2.45) is 5.41 Å². The maximum atomic E-state index is 3.76. The zero-order chi connectivity index (χ0) is 10.9. The van der Waals surface area contributed by atoms with Crippen molar-refractivity contribution in [1.29, 1.82) is 0 Å². The highest BCUT2D eigenvalue weighted by Crippen LogP contribution is 2.41. The molecule has 14 heavy (non-hydrogen) atoms. The third kappa shape index (κ3) is 3.67. The molecule has 1 aromatic rings. The van der Waals surface area contributed by atoms with Gasteiger partial charge < -0.3 is 0 Å². The molecular weight excluding hydrogens is 324 g/mol. The molecule has 0 amide bonds. The molecule has 0 radical (unpaired) electrons. The van der Waals surface area contributed by atoms with Gasteiger partial charge in [0.2, 0.25) is 0 Å². The Bertz CT molecular complexity index is 290. The molecule has 0 aliphatic carbocycles. The first kappa shape index (κ1) is 12.7. The molecule has 0 spiro atoms. The number of hydrogen-bond acceptors (Lipinski definition) is 1. The van der Waals surface area contributed by atoms with Crippen LogP contribution in [0, 0.1) is 12.3 Å². The number of thiophene rings is 1. The van der Waals surface area contributed by atoms with Crippen molar-refractivity contribution in [3.05, 3.63) is 20.3 Å². The van der Waals surface area contributed by atoms with Crippen LogP contribution in [-0.4, -0.2) is 0 Å². The van der Waals surface area contributed by atoms with Crippen LogP contribution in [0.2, 0.25) is 0 Å². The number of halogens is 2. The lowest BCUT2D eigenvalue weighted by Gasteiger charge is -2.21. The Morgan fingerprint density at radius 3 is 2.36 bits per heavy atom. The first-order valence-corrected chi connectivity index (χ1v) is 7.22. The highest BCUT2D eigenvalue weighted by atomic mass is 79.9. The van der Waals surface area contributed by atoms with E-state index in [9.17, 15) is 0 Å². The van der Waals surface area contributed by atoms with Gasteiger partial charge in [-0.05, 0) is 46.3 Å². The summed E-state index contributed by atoms with van der Waals surface area (Å²) in [6, 6.07) is 2.26. The van der Waals surface area contributed by atoms with Gasteiger partial charge >= 0.3 is 0 Å². The summed E-state index contributed by atoms with van der Waals surface area (Å²) in [7, 11) is 0. The summed E-state index contributed by atoms with van der Waals surface area (Å²) >= 11 is 9.15. The predicted molar refractivity (Wildman–Crippen MR) is 72.5 cm³/mol. The van der Waals surface area contributed by atoms with E-state index < -0.39 is 0 Å². The Labute approximate surface area is 107 Å². The Morgan fingerprint density at radius 1 is 1.43 bits per heavy atom. The van der Waals surface area contributed by atoms with Crippen LogP contribution >= 0.6 is 43.2 Å². The maximum absolute atomic E-state index is 3.76. The molecule has 80 valence electrons. The third-order valence-electron chi connectivity index (χ3n) is 1.98. The average Bonchev–Trinajstić information content (AvgIpc) is 2.28. The summed E-state index contributed by atoms with van der Waals surface area (Å²) in [6.45, 7) is 8.96. The smallest absolute Gasteiger partial charge is 0.0730 e. The highest BCUT2D eigenvalue weighted by molar-refractivity contribution is 9.11. The largest absolute Gasteiger partial charge is 0.132 e. The minimum Gasteiger partial charge on any atom is -0.132 e. The molecule has 1 atom stereocenters. The summed E-state index contributed by atoms with van der Waals surface area (Å²) in [4.78, 5) is 1.90. The molecule has 1 rings (SSSR count). The summed E-state index contributed by atoms with van der Waals surface area (Å²) in [5, 5.41) is 0. The first-order chi connectivity index (χ1) is 6.29. The fourth-order valence-electron chi connectivity index (χ4n) is 1.28. The van der Waals surface area contributed by atoms with Gasteiger partial charge in [-0.1, -0.05) is 36.7 Å². The van der Waals surface area contributed by atoms with Gasteiger partial charge in [0.25, 0.3) is 0 Å². The van der Waals surface area contributed by atoms with E-state index in [-0.39, 0.29) is 0 Å². The molecule has 0 nitrogen and oxygen atoms in total. The van der Waals surface area contributed by atoms with Crippen molar-refractivity contribution in [3.8, 4) is 0 Å². The molecule has 0 aromatic carbocycles. The van der Waals surface area contributed by atoms with Crippen molar-refractivity contribution in [2.75, 3.05) is 0 Å². The van der Waals surface area contributed by atoms with Crippen molar-refractivity contribution >= 4 is 43.2 Å². The molecule has 0 aliphatic rings. The Balaban J connectivity index is 2.75. The number of rotatable bonds is 2. The Hall–Kier alpha value is 0.660. The second-order valence-corrected chi connectivity index (χ2v) is 8.34. The second-order valence-electron chi connectivity index (χ2n) is 4.84. The molecule has 0 aliphatic heterocycles. The maximum Gasteiger partial charge on any atom is 0.0730 e. The Kier molecular flexibility index (Phi) is 4.24. The third-order valence-corrected chi connectivity index (χ3v) is 5.35. The zero-order valence-corrected chi connectivity index (χ0v) is 13.0. The number of alkyl halides is 1. The van der Waals surface area contributed by atoms with E-state index in [2.05, 4.69) is 65.6 Å². The van der Waals surface area contributed by atoms with E-state index in [0.29, 0.717) is 10.2 Å². The van der Waals surface area contributed by atoms with Gasteiger partial charge in [0.1, 0.15) is 0 Å². The molecule has 1 unspecified atom stereocenters. The van der Waals surface area contributed by atoms with Crippen LogP contribution in [0.3, 0.4) is 0 Å². The number of hydrogen-bond donors (Lipinski definition) is 0. The van der Waals surface area contributed by atoms with Crippen molar-refractivity contribution < 1.29 is 0 Å². The predicted octanol–water partition coefficient (Wildman–Crippen LogP) is 5.69. The van der Waals surface area contributed by atoms with E-state index in [1.165, 1.54) is 20.6 Å². The van der Waals surface area contributed by atoms with Crippen LogP contribution in [0.4, 0.5) is 0 Å². The monoisotopic (exact) mass is 338 g/mol. The molecule has 0 saturated carbocycles. The van der Waals surface area contributed by atoms with Crippen LogP contribution in [0.1, 0.15) is 42.5 Å². The van der Waals surface area contributed by atoms with Crippen LogP contribution in [-0.2, 0) is 0 Å². The molecule has 3 heteroatoms. The highest BCUT2D eigenvalue weighted by Gasteiger charge is 2.19. The van der Waals surface area contributed by atoms with Gasteiger partial charge in [-0.2, -0.15) is 0 Å². The normalized spacial score (nSPS) is 14.4. The van der Waals surface area contributed by atoms with Gasteiger partial charge in [-0.15, -0.1) is 11.3 Å². The topological polar surface area (TPSA) is 0 Å². The lowest BCUT2D eigenvalue weighted by Crippen LogP contribution is -2.07. The summed E-state index contributed by atoms with van der Waals surface area (Å²) in [5.41, 5.74) is 1.71. The minimum absolute atomic E-state index is 0.374. The second kappa shape index (κ2) is 4.67. The van der Waals surface area contributed by atoms with E-state index in [1.807, 2.05) is 11.3 Å². The molecule has 0 fully saturated rings. The molecular formula is C11H16Br2S. The van der Waals surface area contributed by atoms with Crippen molar-refractivity contribution in [1.82, 2.24) is 0 Å². The Morgan fingerprint density at radius 2 is 2.00 bits per heavy atom. The van der Waals surface area contributed by atoms with Crippen LogP contribution in [0.15, 0.2) is 9.85 Å². The van der Waals surface area contributed by atoms with Gasteiger partial charge in [0, 0.05) is 9.70 Å². The molecule has 0 N–H and O–H groups in total. The molecule has 0 saturated heterocycles. The zero-order valence-electron chi connectivity index (χ0n) is 9.03. The fourth-order valence-corrected chi connectivity index (χ4v) is 4.21. The lowest BCUT2D eigenvalue weighted by atomic mass is 9.90. The first-order valence-electron chi connectivity index (χ1n) is 4.69. The van der Waals surface area contributed by atoms with Gasteiger partial charge in [-0.3, -0.25) is 0 Å². The van der Waals surface area contributed by atoms with Crippen LogP contribution < -0.4 is 0 Å². The molecule has 1 heterocycles. The quantitative estimate of drug-likeness (QED) is 0.607. The SMILES string of the molecule is Cc1cc(C(Br)CC(C)(C)C)sc1Br. The molecule has 0 bridgehead atoms. The van der Waals surface area contributed by atoms with Crippen molar-refractivity contribution in [3.63, 3.8) is 0 Å². The number of aryl methyl sites for hydroxylation is 1. The van der Waals surface area contributed by atoms with E-state index in [4.69, 9.17) is 0 Å². The summed E-state index contributed by atoms with van der Waals surface area (Å²) < 4.78 is 1.26. The van der Waals surface area contributed by atoms with Crippen LogP contribution in [0.25, 0.3) is 0 Å². The molecule has 1 aromatic heterocycles. The lowest BCUT2D eigenvalue weighted by molar-refractivity contribution is 0.378. The minimum atomic E-state index is 0.374. The average molecular weight is 340 g/mol. The van der Waals surface area contributed by atoms with Gasteiger partial charge in [0.05, 0.1) is 3.79 Å². The van der Waals surface area contributed by atoms with E-state index in [0.717, 1.165) is 0 Å². The summed E-state index contributed by atoms with van der Waals surface area (Å²) in [6.07, 6.45) is 1.17. The van der Waals surface area contributed by atoms with E-state index >= 15 is 0 Å². The van der Waals surface area contributed by atoms with E-state index in [1.54, 1.807) is 0 Å². The van der Waals surface area contributed by atoms with Gasteiger partial charge in [-0.25, -0.2) is 0 Å². The summed E-state index contributed by atoms with van der Waals surface area (Å²) in [5.74, 6) is 0. The van der Waals surface area contributed by atoms with Gasteiger partial charge in [0.15, 0.2) is 0 Å². The van der Waals surface area contributed by atoms with Crippen LogP contribution in [0.5, 0.6) is 0 Å². The van der Waals surface area contributed by atoms with Crippen molar-refractivity contribution in [2.45, 2.75) is 38.9 Å². The standard InChI is InChI=1S/C11H16Br2S/c1-7-5-9(14-10(7)13)8(12)6-11(2,3)4/h5,8H,6H2,1-4H3. The fraction of sp³-hybridized carbons (Fsp3) is 0.636.